The molecule has 1 aromatic rings. The first-order valence-corrected chi connectivity index (χ1v) is 5.18. The Kier molecular flexibility index (Phi) is 2.46. The maximum Gasteiger partial charge on any atom is 0.122 e. The number of hydrogen-bond acceptors (Lipinski definition) is 2. The summed E-state index contributed by atoms with van der Waals surface area (Å²) < 4.78 is 5.53. The Morgan fingerprint density at radius 1 is 1.50 bits per heavy atom. The quantitative estimate of drug-likeness (QED) is 0.774. The number of nitrogens with two attached hydrogens (primary N) is 1. The SMILES string of the molecule is Cc1ccc2c(c1CC(C)N)CCO2. The Morgan fingerprint density at radius 2 is 2.29 bits per heavy atom. The zero-order valence-electron chi connectivity index (χ0n) is 8.84. The topological polar surface area (TPSA) is 35.2 Å². The molecule has 2 rings (SSSR count). The average Bonchev–Trinajstić information content (AvgIpc) is 2.57. The maximum absolute atomic E-state index is 5.85. The smallest absolute Gasteiger partial charge is 0.122 e. The van der Waals surface area contributed by atoms with E-state index in [1.54, 1.807) is 0 Å². The fourth-order valence-electron chi connectivity index (χ4n) is 2.07. The summed E-state index contributed by atoms with van der Waals surface area (Å²) in [6.45, 7) is 5.02. The lowest BCUT2D eigenvalue weighted by Gasteiger charge is -2.12. The van der Waals surface area contributed by atoms with Gasteiger partial charge in [-0.2, -0.15) is 0 Å². The second-order valence-electron chi connectivity index (χ2n) is 4.12. The highest BCUT2D eigenvalue weighted by Gasteiger charge is 2.17. The van der Waals surface area contributed by atoms with Crippen molar-refractivity contribution in [2.24, 2.45) is 5.73 Å². The van der Waals surface area contributed by atoms with E-state index in [-0.39, 0.29) is 6.04 Å². The van der Waals surface area contributed by atoms with Gasteiger partial charge in [0, 0.05) is 18.0 Å². The molecular weight excluding hydrogens is 174 g/mol. The third-order valence-electron chi connectivity index (χ3n) is 2.76. The van der Waals surface area contributed by atoms with E-state index in [4.69, 9.17) is 10.5 Å². The van der Waals surface area contributed by atoms with E-state index in [9.17, 15) is 0 Å². The van der Waals surface area contributed by atoms with Crippen LogP contribution in [0.25, 0.3) is 0 Å². The molecule has 0 amide bonds. The van der Waals surface area contributed by atoms with Crippen molar-refractivity contribution in [3.63, 3.8) is 0 Å². The summed E-state index contributed by atoms with van der Waals surface area (Å²) in [4.78, 5) is 0. The lowest BCUT2D eigenvalue weighted by Crippen LogP contribution is -2.19. The Labute approximate surface area is 85.1 Å². The van der Waals surface area contributed by atoms with Gasteiger partial charge in [0.15, 0.2) is 0 Å². The molecule has 2 heteroatoms. The van der Waals surface area contributed by atoms with Crippen molar-refractivity contribution in [3.8, 4) is 5.75 Å². The van der Waals surface area contributed by atoms with Crippen molar-refractivity contribution in [1.29, 1.82) is 0 Å². The van der Waals surface area contributed by atoms with Gasteiger partial charge in [-0.05, 0) is 37.5 Å². The maximum atomic E-state index is 5.85. The van der Waals surface area contributed by atoms with Gasteiger partial charge in [-0.25, -0.2) is 0 Å². The number of aryl methyl sites for hydroxylation is 1. The lowest BCUT2D eigenvalue weighted by molar-refractivity contribution is 0.357. The minimum absolute atomic E-state index is 0.223. The van der Waals surface area contributed by atoms with Crippen LogP contribution in [0.15, 0.2) is 12.1 Å². The molecule has 0 aromatic heterocycles. The van der Waals surface area contributed by atoms with Gasteiger partial charge in [0.2, 0.25) is 0 Å². The predicted molar refractivity (Wildman–Crippen MR) is 57.7 cm³/mol. The Balaban J connectivity index is 2.41. The highest BCUT2D eigenvalue weighted by atomic mass is 16.5. The number of ether oxygens (including phenoxy) is 1. The molecule has 0 radical (unpaired) electrons. The largest absolute Gasteiger partial charge is 0.493 e. The molecule has 0 saturated carbocycles. The second-order valence-corrected chi connectivity index (χ2v) is 4.12. The van der Waals surface area contributed by atoms with Crippen LogP contribution in [0.4, 0.5) is 0 Å². The minimum atomic E-state index is 0.223. The predicted octanol–water partition coefficient (Wildman–Crippen LogP) is 1.82. The van der Waals surface area contributed by atoms with Crippen LogP contribution < -0.4 is 10.5 Å². The first-order valence-electron chi connectivity index (χ1n) is 5.18. The first-order chi connectivity index (χ1) is 6.68. The molecule has 2 nitrogen and oxygen atoms in total. The molecule has 1 aromatic carbocycles. The van der Waals surface area contributed by atoms with Gasteiger partial charge >= 0.3 is 0 Å². The summed E-state index contributed by atoms with van der Waals surface area (Å²) in [6, 6.07) is 4.42. The van der Waals surface area contributed by atoms with Crippen molar-refractivity contribution in [2.75, 3.05) is 6.61 Å². The van der Waals surface area contributed by atoms with Gasteiger partial charge in [-0.15, -0.1) is 0 Å². The Hall–Kier alpha value is -1.02. The van der Waals surface area contributed by atoms with Gasteiger partial charge in [0.1, 0.15) is 5.75 Å². The summed E-state index contributed by atoms with van der Waals surface area (Å²) in [7, 11) is 0. The highest BCUT2D eigenvalue weighted by molar-refractivity contribution is 5.47. The monoisotopic (exact) mass is 191 g/mol. The van der Waals surface area contributed by atoms with Crippen LogP contribution in [-0.4, -0.2) is 12.6 Å². The molecule has 1 aliphatic heterocycles. The molecule has 76 valence electrons. The van der Waals surface area contributed by atoms with Gasteiger partial charge in [-0.1, -0.05) is 6.07 Å². The fourth-order valence-corrected chi connectivity index (χ4v) is 2.07. The van der Waals surface area contributed by atoms with Crippen LogP contribution in [-0.2, 0) is 12.8 Å². The van der Waals surface area contributed by atoms with Crippen molar-refractivity contribution in [3.05, 3.63) is 28.8 Å². The lowest BCUT2D eigenvalue weighted by atomic mass is 9.95. The molecule has 14 heavy (non-hydrogen) atoms. The van der Waals surface area contributed by atoms with E-state index < -0.39 is 0 Å². The van der Waals surface area contributed by atoms with Crippen LogP contribution in [0.1, 0.15) is 23.6 Å². The van der Waals surface area contributed by atoms with Crippen LogP contribution >= 0.6 is 0 Å². The van der Waals surface area contributed by atoms with Gasteiger partial charge in [-0.3, -0.25) is 0 Å². The summed E-state index contributed by atoms with van der Waals surface area (Å²) in [5, 5.41) is 0. The van der Waals surface area contributed by atoms with Gasteiger partial charge in [0.25, 0.3) is 0 Å². The van der Waals surface area contributed by atoms with E-state index >= 15 is 0 Å². The van der Waals surface area contributed by atoms with Crippen LogP contribution in [0, 0.1) is 6.92 Å². The molecular formula is C12H17NO. The standard InChI is InChI=1S/C12H17NO/c1-8-3-4-12-10(5-6-14-12)11(8)7-9(2)13/h3-4,9H,5-7,13H2,1-2H3. The van der Waals surface area contributed by atoms with Crippen molar-refractivity contribution in [1.82, 2.24) is 0 Å². The second kappa shape index (κ2) is 3.62. The fraction of sp³-hybridized carbons (Fsp3) is 0.500. The number of rotatable bonds is 2. The molecule has 0 spiro atoms. The Bertz CT molecular complexity index is 344. The number of fused-ring (bicyclic) bond motifs is 1. The molecule has 1 unspecified atom stereocenters. The van der Waals surface area contributed by atoms with Crippen LogP contribution in [0.5, 0.6) is 5.75 Å². The molecule has 0 aliphatic carbocycles. The third-order valence-corrected chi connectivity index (χ3v) is 2.76. The van der Waals surface area contributed by atoms with E-state index in [2.05, 4.69) is 26.0 Å². The molecule has 2 N–H and O–H groups in total. The van der Waals surface area contributed by atoms with Crippen LogP contribution in [0.3, 0.4) is 0 Å². The molecule has 0 fully saturated rings. The normalized spacial score (nSPS) is 16.2. The molecule has 0 bridgehead atoms. The number of hydrogen-bond donors (Lipinski definition) is 1. The van der Waals surface area contributed by atoms with E-state index in [0.29, 0.717) is 0 Å². The molecule has 0 saturated heterocycles. The van der Waals surface area contributed by atoms with Gasteiger partial charge in [0.05, 0.1) is 6.61 Å². The summed E-state index contributed by atoms with van der Waals surface area (Å²) in [5.74, 6) is 1.06. The molecule has 1 aliphatic rings. The van der Waals surface area contributed by atoms with E-state index in [1.807, 2.05) is 0 Å². The molecule has 1 atom stereocenters. The van der Waals surface area contributed by atoms with Gasteiger partial charge < -0.3 is 10.5 Å². The Morgan fingerprint density at radius 3 is 3.00 bits per heavy atom. The van der Waals surface area contributed by atoms with Crippen LogP contribution in [0.2, 0.25) is 0 Å². The first kappa shape index (κ1) is 9.53. The number of benzene rings is 1. The zero-order chi connectivity index (χ0) is 10.1. The van der Waals surface area contributed by atoms with Crippen molar-refractivity contribution < 1.29 is 4.74 Å². The van der Waals surface area contributed by atoms with E-state index in [1.165, 1.54) is 16.7 Å². The average molecular weight is 191 g/mol. The summed E-state index contributed by atoms with van der Waals surface area (Å²) in [6.07, 6.45) is 2.00. The van der Waals surface area contributed by atoms with Crippen molar-refractivity contribution in [2.45, 2.75) is 32.7 Å². The zero-order valence-corrected chi connectivity index (χ0v) is 8.84. The highest BCUT2D eigenvalue weighted by Crippen LogP contribution is 2.30. The van der Waals surface area contributed by atoms with E-state index in [0.717, 1.165) is 25.2 Å². The third kappa shape index (κ3) is 1.62. The minimum Gasteiger partial charge on any atom is -0.493 e. The van der Waals surface area contributed by atoms with Crippen molar-refractivity contribution >= 4 is 0 Å². The summed E-state index contributed by atoms with van der Waals surface area (Å²) >= 11 is 0. The summed E-state index contributed by atoms with van der Waals surface area (Å²) in [5.41, 5.74) is 9.96. The molecule has 1 heterocycles.